The van der Waals surface area contributed by atoms with Crippen LogP contribution in [0.25, 0.3) is 0 Å². The molecular formula is C18H24N6. The number of rotatable bonds is 4. The molecule has 1 atom stereocenters. The number of piperidine rings is 1. The Balaban J connectivity index is 1.62. The molecule has 24 heavy (non-hydrogen) atoms. The molecule has 6 heteroatoms. The topological polar surface area (TPSA) is 69.8 Å². The summed E-state index contributed by atoms with van der Waals surface area (Å²) in [5.41, 5.74) is 2.87. The van der Waals surface area contributed by atoms with Gasteiger partial charge in [0.2, 0.25) is 0 Å². The van der Waals surface area contributed by atoms with Crippen LogP contribution in [0.2, 0.25) is 0 Å². The van der Waals surface area contributed by atoms with Crippen molar-refractivity contribution in [3.05, 3.63) is 41.1 Å². The van der Waals surface area contributed by atoms with Crippen molar-refractivity contribution >= 4 is 5.82 Å². The van der Waals surface area contributed by atoms with Gasteiger partial charge in [-0.2, -0.15) is 5.26 Å². The third-order valence-corrected chi connectivity index (χ3v) is 4.47. The molecule has 6 nitrogen and oxygen atoms in total. The summed E-state index contributed by atoms with van der Waals surface area (Å²) >= 11 is 0. The molecule has 1 aliphatic heterocycles. The highest BCUT2D eigenvalue weighted by molar-refractivity contribution is 5.40. The van der Waals surface area contributed by atoms with E-state index in [-0.39, 0.29) is 0 Å². The lowest BCUT2D eigenvalue weighted by Gasteiger charge is -2.34. The van der Waals surface area contributed by atoms with E-state index in [0.29, 0.717) is 11.7 Å². The van der Waals surface area contributed by atoms with Gasteiger partial charge in [0.25, 0.3) is 0 Å². The molecule has 0 spiro atoms. The highest BCUT2D eigenvalue weighted by Crippen LogP contribution is 2.19. The number of nitrogens with one attached hydrogen (secondary N) is 1. The summed E-state index contributed by atoms with van der Waals surface area (Å²) in [6.07, 6.45) is 4.33. The van der Waals surface area contributed by atoms with Crippen LogP contribution < -0.4 is 10.2 Å². The van der Waals surface area contributed by atoms with E-state index in [4.69, 9.17) is 5.26 Å². The normalized spacial score (nSPS) is 17.8. The quantitative estimate of drug-likeness (QED) is 0.932. The fraction of sp³-hybridized carbons (Fsp3) is 0.500. The largest absolute Gasteiger partial charge is 0.355 e. The highest BCUT2D eigenvalue weighted by Gasteiger charge is 2.21. The van der Waals surface area contributed by atoms with Gasteiger partial charge >= 0.3 is 0 Å². The minimum absolute atomic E-state index is 0.431. The molecule has 1 fully saturated rings. The predicted octanol–water partition coefficient (Wildman–Crippen LogP) is 2.06. The van der Waals surface area contributed by atoms with Gasteiger partial charge in [0.1, 0.15) is 23.4 Å². The molecule has 3 heterocycles. The Hall–Kier alpha value is -2.39. The minimum atomic E-state index is 0.431. The fourth-order valence-corrected chi connectivity index (χ4v) is 3.31. The molecule has 0 aliphatic carbocycles. The highest BCUT2D eigenvalue weighted by atomic mass is 15.2. The van der Waals surface area contributed by atoms with Crippen molar-refractivity contribution in [1.29, 1.82) is 5.26 Å². The van der Waals surface area contributed by atoms with Crippen molar-refractivity contribution in [3.8, 4) is 6.07 Å². The number of anilines is 1. The van der Waals surface area contributed by atoms with Crippen LogP contribution in [0.1, 0.15) is 35.6 Å². The molecule has 1 saturated heterocycles. The standard InChI is InChI=1S/C18H24N6/c1-13-7-18(22-14(2)21-13)24-6-4-5-16(12-24)20-10-15-8-17(9-19)23(3)11-15/h7-8,11,16,20H,4-6,10,12H2,1-3H3. The fourth-order valence-electron chi connectivity index (χ4n) is 3.31. The van der Waals surface area contributed by atoms with E-state index >= 15 is 0 Å². The van der Waals surface area contributed by atoms with Crippen molar-refractivity contribution in [3.63, 3.8) is 0 Å². The Morgan fingerprint density at radius 2 is 2.17 bits per heavy atom. The summed E-state index contributed by atoms with van der Waals surface area (Å²) in [5, 5.41) is 12.7. The van der Waals surface area contributed by atoms with E-state index in [1.54, 1.807) is 0 Å². The predicted molar refractivity (Wildman–Crippen MR) is 93.7 cm³/mol. The lowest BCUT2D eigenvalue weighted by Crippen LogP contribution is -2.45. The van der Waals surface area contributed by atoms with E-state index in [2.05, 4.69) is 32.3 Å². The van der Waals surface area contributed by atoms with Gasteiger partial charge in [0.15, 0.2) is 0 Å². The molecule has 3 rings (SSSR count). The first-order valence-electron chi connectivity index (χ1n) is 8.41. The van der Waals surface area contributed by atoms with E-state index in [1.165, 1.54) is 0 Å². The molecule has 0 bridgehead atoms. The molecule has 1 N–H and O–H groups in total. The third kappa shape index (κ3) is 3.74. The Morgan fingerprint density at radius 3 is 2.88 bits per heavy atom. The SMILES string of the molecule is Cc1cc(N2CCCC(NCc3cc(C#N)n(C)c3)C2)nc(C)n1. The lowest BCUT2D eigenvalue weighted by atomic mass is 10.1. The zero-order valence-electron chi connectivity index (χ0n) is 14.6. The van der Waals surface area contributed by atoms with Crippen LogP contribution in [0.3, 0.4) is 0 Å². The van der Waals surface area contributed by atoms with Gasteiger partial charge in [-0.05, 0) is 38.3 Å². The van der Waals surface area contributed by atoms with Crippen LogP contribution in [0.15, 0.2) is 18.3 Å². The number of nitriles is 1. The smallest absolute Gasteiger partial charge is 0.132 e. The van der Waals surface area contributed by atoms with Crippen molar-refractivity contribution in [2.75, 3.05) is 18.0 Å². The molecule has 0 saturated carbocycles. The van der Waals surface area contributed by atoms with Gasteiger partial charge in [-0.1, -0.05) is 0 Å². The second-order valence-electron chi connectivity index (χ2n) is 6.54. The molecule has 2 aromatic heterocycles. The molecule has 0 amide bonds. The third-order valence-electron chi connectivity index (χ3n) is 4.47. The Kier molecular flexibility index (Phi) is 4.81. The van der Waals surface area contributed by atoms with Gasteiger partial charge in [-0.3, -0.25) is 0 Å². The minimum Gasteiger partial charge on any atom is -0.355 e. The van der Waals surface area contributed by atoms with Crippen molar-refractivity contribution in [2.45, 2.75) is 39.3 Å². The summed E-state index contributed by atoms with van der Waals surface area (Å²) in [6, 6.07) is 6.65. The second-order valence-corrected chi connectivity index (χ2v) is 6.54. The first kappa shape index (κ1) is 16.5. The molecule has 1 unspecified atom stereocenters. The number of aryl methyl sites for hydroxylation is 3. The Morgan fingerprint density at radius 1 is 1.33 bits per heavy atom. The summed E-state index contributed by atoms with van der Waals surface area (Å²) < 4.78 is 1.87. The van der Waals surface area contributed by atoms with E-state index in [0.717, 1.165) is 55.4 Å². The van der Waals surface area contributed by atoms with Crippen LogP contribution in [0.5, 0.6) is 0 Å². The monoisotopic (exact) mass is 324 g/mol. The average molecular weight is 324 g/mol. The van der Waals surface area contributed by atoms with Crippen molar-refractivity contribution in [1.82, 2.24) is 19.9 Å². The molecular weight excluding hydrogens is 300 g/mol. The Bertz CT molecular complexity index is 737. The maximum atomic E-state index is 9.04. The van der Waals surface area contributed by atoms with Crippen molar-refractivity contribution in [2.24, 2.45) is 7.05 Å². The number of hydrogen-bond acceptors (Lipinski definition) is 5. The van der Waals surface area contributed by atoms with Crippen LogP contribution in [0, 0.1) is 25.2 Å². The van der Waals surface area contributed by atoms with Gasteiger partial charge in [-0.15, -0.1) is 0 Å². The van der Waals surface area contributed by atoms with Gasteiger partial charge in [0, 0.05) is 50.7 Å². The molecule has 2 aromatic rings. The van der Waals surface area contributed by atoms with E-state index in [9.17, 15) is 0 Å². The summed E-state index contributed by atoms with van der Waals surface area (Å²) in [6.45, 7) is 6.74. The van der Waals surface area contributed by atoms with Gasteiger partial charge in [0.05, 0.1) is 0 Å². The first-order chi connectivity index (χ1) is 11.5. The molecule has 0 radical (unpaired) electrons. The van der Waals surface area contributed by atoms with Gasteiger partial charge in [-0.25, -0.2) is 9.97 Å². The van der Waals surface area contributed by atoms with E-state index in [1.807, 2.05) is 37.7 Å². The number of nitrogens with zero attached hydrogens (tertiary/aromatic N) is 5. The van der Waals surface area contributed by atoms with Crippen LogP contribution in [-0.4, -0.2) is 33.7 Å². The summed E-state index contributed by atoms with van der Waals surface area (Å²) in [4.78, 5) is 11.3. The maximum absolute atomic E-state index is 9.04. The summed E-state index contributed by atoms with van der Waals surface area (Å²) in [5.74, 6) is 1.85. The average Bonchev–Trinajstić information content (AvgIpc) is 2.92. The second kappa shape index (κ2) is 7.02. The number of aromatic nitrogens is 3. The first-order valence-corrected chi connectivity index (χ1v) is 8.41. The van der Waals surface area contributed by atoms with E-state index < -0.39 is 0 Å². The number of hydrogen-bond donors (Lipinski definition) is 1. The van der Waals surface area contributed by atoms with Crippen LogP contribution in [0.4, 0.5) is 5.82 Å². The Labute approximate surface area is 143 Å². The van der Waals surface area contributed by atoms with Crippen LogP contribution >= 0.6 is 0 Å². The molecule has 0 aromatic carbocycles. The molecule has 1 aliphatic rings. The lowest BCUT2D eigenvalue weighted by molar-refractivity contribution is 0.419. The zero-order chi connectivity index (χ0) is 17.1. The van der Waals surface area contributed by atoms with Gasteiger partial charge < -0.3 is 14.8 Å². The van der Waals surface area contributed by atoms with Crippen molar-refractivity contribution < 1.29 is 0 Å². The van der Waals surface area contributed by atoms with Crippen LogP contribution in [-0.2, 0) is 13.6 Å². The maximum Gasteiger partial charge on any atom is 0.132 e. The molecule has 126 valence electrons. The zero-order valence-corrected chi connectivity index (χ0v) is 14.6. The summed E-state index contributed by atoms with van der Waals surface area (Å²) in [7, 11) is 1.91.